The number of morpholine rings is 1. The molecule has 0 saturated carbocycles. The van der Waals surface area contributed by atoms with E-state index in [1.807, 2.05) is 6.07 Å². The van der Waals surface area contributed by atoms with Crippen LogP contribution < -0.4 is 4.90 Å². The van der Waals surface area contributed by atoms with E-state index in [2.05, 4.69) is 24.8 Å². The number of ether oxygens (including phenoxy) is 1. The number of ketones is 1. The molecular weight excluding hydrogens is 423 g/mol. The normalized spacial score (nSPS) is 14.8. The maximum Gasteiger partial charge on any atom is 0.417 e. The molecule has 5 rings (SSSR count). The van der Waals surface area contributed by atoms with Crippen LogP contribution in [0.3, 0.4) is 0 Å². The minimum Gasteiger partial charge on any atom is -0.378 e. The molecule has 32 heavy (non-hydrogen) atoms. The first-order valence-electron chi connectivity index (χ1n) is 9.98. The first kappa shape index (κ1) is 20.3. The summed E-state index contributed by atoms with van der Waals surface area (Å²) in [7, 11) is 0. The summed E-state index contributed by atoms with van der Waals surface area (Å²) in [6.07, 6.45) is -1.55. The lowest BCUT2D eigenvalue weighted by molar-refractivity contribution is -0.137. The summed E-state index contributed by atoms with van der Waals surface area (Å²) >= 11 is 0. The Labute approximate surface area is 180 Å². The molecule has 1 aromatic carbocycles. The van der Waals surface area contributed by atoms with Crippen LogP contribution in [0.4, 0.5) is 19.0 Å². The van der Waals surface area contributed by atoms with Crippen molar-refractivity contribution in [3.05, 3.63) is 65.5 Å². The number of hydrogen-bond donors (Lipinski definition) is 2. The number of H-pyrrole nitrogens is 2. The lowest BCUT2D eigenvalue weighted by Crippen LogP contribution is -2.36. The highest BCUT2D eigenvalue weighted by Crippen LogP contribution is 2.33. The van der Waals surface area contributed by atoms with E-state index in [1.165, 1.54) is 30.5 Å². The molecule has 164 valence electrons. The smallest absolute Gasteiger partial charge is 0.378 e. The summed E-state index contributed by atoms with van der Waals surface area (Å²) in [6.45, 7) is 2.78. The van der Waals surface area contributed by atoms with Crippen LogP contribution in [0.5, 0.6) is 0 Å². The molecule has 0 spiro atoms. The number of rotatable bonds is 4. The average molecular weight is 441 g/mol. The average Bonchev–Trinajstić information content (AvgIpc) is 3.45. The number of alkyl halides is 3. The van der Waals surface area contributed by atoms with Gasteiger partial charge in [0.25, 0.3) is 0 Å². The molecular formula is C22H18F3N5O2. The second-order valence-electron chi connectivity index (χ2n) is 7.42. The fraction of sp³-hybridized carbons (Fsp3) is 0.227. The molecule has 4 heterocycles. The van der Waals surface area contributed by atoms with E-state index in [4.69, 9.17) is 4.74 Å². The third-order valence-corrected chi connectivity index (χ3v) is 5.37. The van der Waals surface area contributed by atoms with Gasteiger partial charge >= 0.3 is 6.18 Å². The number of imidazole rings is 1. The van der Waals surface area contributed by atoms with Gasteiger partial charge in [-0.15, -0.1) is 0 Å². The van der Waals surface area contributed by atoms with E-state index >= 15 is 0 Å². The summed E-state index contributed by atoms with van der Waals surface area (Å²) in [6, 6.07) is 8.11. The zero-order chi connectivity index (χ0) is 22.3. The third-order valence-electron chi connectivity index (χ3n) is 5.37. The Balaban J connectivity index is 1.44. The molecule has 10 heteroatoms. The molecule has 0 bridgehead atoms. The van der Waals surface area contributed by atoms with Gasteiger partial charge in [-0.3, -0.25) is 4.79 Å². The lowest BCUT2D eigenvalue weighted by atomic mass is 9.99. The molecule has 4 aromatic rings. The van der Waals surface area contributed by atoms with E-state index < -0.39 is 23.1 Å². The summed E-state index contributed by atoms with van der Waals surface area (Å²) in [5.74, 6) is 0.543. The maximum atomic E-state index is 13.3. The number of benzene rings is 1. The summed E-state index contributed by atoms with van der Waals surface area (Å²) < 4.78 is 45.2. The number of anilines is 1. The Morgan fingerprint density at radius 1 is 1.12 bits per heavy atom. The number of fused-ring (bicyclic) bond motifs is 1. The lowest BCUT2D eigenvalue weighted by Gasteiger charge is -2.27. The van der Waals surface area contributed by atoms with E-state index in [1.54, 1.807) is 6.20 Å². The second kappa shape index (κ2) is 7.79. The predicted molar refractivity (Wildman–Crippen MR) is 112 cm³/mol. The standard InChI is InChI=1S/C22H18F3N5O2/c23-22(24,25)15-4-2-1-3-14(15)20(31)13-9-17(26-11-13)21-28-16-10-19(27-12-18(16)29-21)30-5-7-32-8-6-30/h1-4,9-12,26H,5-8H2,(H,28,29). The van der Waals surface area contributed by atoms with Crippen LogP contribution in [-0.4, -0.2) is 52.0 Å². The molecule has 0 atom stereocenters. The molecule has 0 unspecified atom stereocenters. The van der Waals surface area contributed by atoms with Crippen molar-refractivity contribution in [2.75, 3.05) is 31.2 Å². The minimum atomic E-state index is -4.62. The van der Waals surface area contributed by atoms with E-state index in [0.29, 0.717) is 35.8 Å². The molecule has 0 aliphatic carbocycles. The number of hydrogen-bond acceptors (Lipinski definition) is 5. The first-order valence-corrected chi connectivity index (χ1v) is 9.98. The van der Waals surface area contributed by atoms with Crippen molar-refractivity contribution in [2.45, 2.75) is 6.18 Å². The highest BCUT2D eigenvalue weighted by Gasteiger charge is 2.35. The van der Waals surface area contributed by atoms with Crippen LogP contribution in [-0.2, 0) is 10.9 Å². The summed E-state index contributed by atoms with van der Waals surface area (Å²) in [4.78, 5) is 30.0. The molecule has 1 aliphatic rings. The number of halogens is 3. The highest BCUT2D eigenvalue weighted by atomic mass is 19.4. The van der Waals surface area contributed by atoms with Gasteiger partial charge in [0.1, 0.15) is 5.82 Å². The molecule has 0 radical (unpaired) electrons. The van der Waals surface area contributed by atoms with Gasteiger partial charge in [-0.2, -0.15) is 13.2 Å². The molecule has 0 amide bonds. The van der Waals surface area contributed by atoms with E-state index in [0.717, 1.165) is 25.0 Å². The molecule has 1 aliphatic heterocycles. The molecule has 1 saturated heterocycles. The van der Waals surface area contributed by atoms with E-state index in [-0.39, 0.29) is 5.56 Å². The number of aromatic nitrogens is 4. The van der Waals surface area contributed by atoms with Gasteiger partial charge in [-0.25, -0.2) is 9.97 Å². The number of carbonyl (C=O) groups is 1. The van der Waals surface area contributed by atoms with Crippen LogP contribution >= 0.6 is 0 Å². The largest absolute Gasteiger partial charge is 0.417 e. The summed E-state index contributed by atoms with van der Waals surface area (Å²) in [5, 5.41) is 0. The van der Waals surface area contributed by atoms with Crippen LogP contribution in [0.1, 0.15) is 21.5 Å². The fourth-order valence-corrected chi connectivity index (χ4v) is 3.74. The van der Waals surface area contributed by atoms with Crippen molar-refractivity contribution in [3.8, 4) is 11.5 Å². The van der Waals surface area contributed by atoms with Crippen molar-refractivity contribution in [3.63, 3.8) is 0 Å². The topological polar surface area (TPSA) is 86.9 Å². The zero-order valence-corrected chi connectivity index (χ0v) is 16.7. The Kier molecular flexibility index (Phi) is 4.93. The second-order valence-corrected chi connectivity index (χ2v) is 7.42. The van der Waals surface area contributed by atoms with Crippen molar-refractivity contribution < 1.29 is 22.7 Å². The Bertz CT molecular complexity index is 1290. The zero-order valence-electron chi connectivity index (χ0n) is 16.7. The van der Waals surface area contributed by atoms with Gasteiger partial charge in [-0.1, -0.05) is 18.2 Å². The number of nitrogens with zero attached hydrogens (tertiary/aromatic N) is 3. The van der Waals surface area contributed by atoms with Crippen molar-refractivity contribution in [1.29, 1.82) is 0 Å². The number of nitrogens with one attached hydrogen (secondary N) is 2. The fourth-order valence-electron chi connectivity index (χ4n) is 3.74. The van der Waals surface area contributed by atoms with Crippen LogP contribution in [0.25, 0.3) is 22.6 Å². The van der Waals surface area contributed by atoms with E-state index in [9.17, 15) is 18.0 Å². The van der Waals surface area contributed by atoms with Crippen LogP contribution in [0, 0.1) is 0 Å². The van der Waals surface area contributed by atoms with Crippen molar-refractivity contribution in [1.82, 2.24) is 19.9 Å². The SMILES string of the molecule is O=C(c1c[nH]c(-c2nc3cc(N4CCOCC4)ncc3[nH]2)c1)c1ccccc1C(F)(F)F. The van der Waals surface area contributed by atoms with Gasteiger partial charge in [-0.05, 0) is 12.1 Å². The van der Waals surface area contributed by atoms with Crippen molar-refractivity contribution >= 4 is 22.6 Å². The van der Waals surface area contributed by atoms with Gasteiger partial charge < -0.3 is 19.6 Å². The van der Waals surface area contributed by atoms with Crippen LogP contribution in [0.2, 0.25) is 0 Å². The molecule has 3 aromatic heterocycles. The monoisotopic (exact) mass is 441 g/mol. The maximum absolute atomic E-state index is 13.3. The quantitative estimate of drug-likeness (QED) is 0.467. The summed E-state index contributed by atoms with van der Waals surface area (Å²) in [5.41, 5.74) is 0.655. The van der Waals surface area contributed by atoms with Gasteiger partial charge in [0.05, 0.1) is 41.7 Å². The number of aromatic amines is 2. The first-order chi connectivity index (χ1) is 15.4. The molecule has 2 N–H and O–H groups in total. The molecule has 7 nitrogen and oxygen atoms in total. The van der Waals surface area contributed by atoms with Gasteiger partial charge in [0.2, 0.25) is 0 Å². The number of pyridine rings is 1. The van der Waals surface area contributed by atoms with Gasteiger partial charge in [0, 0.05) is 36.5 Å². The highest BCUT2D eigenvalue weighted by molar-refractivity contribution is 6.10. The van der Waals surface area contributed by atoms with Gasteiger partial charge in [0.15, 0.2) is 11.6 Å². The number of carbonyl (C=O) groups excluding carboxylic acids is 1. The predicted octanol–water partition coefficient (Wildman–Crippen LogP) is 4.04. The third kappa shape index (κ3) is 3.73. The van der Waals surface area contributed by atoms with Crippen molar-refractivity contribution in [2.24, 2.45) is 0 Å². The Hall–Kier alpha value is -3.66. The Morgan fingerprint density at radius 3 is 2.69 bits per heavy atom. The van der Waals surface area contributed by atoms with Crippen LogP contribution in [0.15, 0.2) is 48.8 Å². The minimum absolute atomic E-state index is 0.115. The Morgan fingerprint density at radius 2 is 1.91 bits per heavy atom. The molecule has 1 fully saturated rings.